The standard InChI is InChI=1S/C11H11N3OS.BrH/c1-8-7-16-11(12-8)14-13-10(15)9-5-3-2-4-6-9;/h2-7H,1H3,(H,12,14)(H,13,15);1H. The summed E-state index contributed by atoms with van der Waals surface area (Å²) >= 11 is 1.45. The maximum atomic E-state index is 11.6. The van der Waals surface area contributed by atoms with Crippen molar-refractivity contribution in [3.63, 3.8) is 0 Å². The van der Waals surface area contributed by atoms with Gasteiger partial charge in [-0.2, -0.15) is 0 Å². The van der Waals surface area contributed by atoms with E-state index in [-0.39, 0.29) is 22.9 Å². The quantitative estimate of drug-likeness (QED) is 0.857. The smallest absolute Gasteiger partial charge is 0.269 e. The van der Waals surface area contributed by atoms with Crippen LogP contribution in [0.4, 0.5) is 5.13 Å². The van der Waals surface area contributed by atoms with Crippen molar-refractivity contribution in [1.29, 1.82) is 0 Å². The van der Waals surface area contributed by atoms with Crippen molar-refractivity contribution in [2.45, 2.75) is 6.92 Å². The molecule has 90 valence electrons. The molecule has 6 heteroatoms. The summed E-state index contributed by atoms with van der Waals surface area (Å²) in [6, 6.07) is 9.02. The molecule has 2 N–H and O–H groups in total. The van der Waals surface area contributed by atoms with Crippen LogP contribution in [0.25, 0.3) is 0 Å². The van der Waals surface area contributed by atoms with Gasteiger partial charge in [0.15, 0.2) is 0 Å². The molecule has 0 atom stereocenters. The van der Waals surface area contributed by atoms with Gasteiger partial charge >= 0.3 is 0 Å². The van der Waals surface area contributed by atoms with Crippen LogP contribution < -0.4 is 10.9 Å². The first-order valence-electron chi connectivity index (χ1n) is 4.79. The van der Waals surface area contributed by atoms with Crippen molar-refractivity contribution >= 4 is 39.4 Å². The topological polar surface area (TPSA) is 54.0 Å². The monoisotopic (exact) mass is 313 g/mol. The van der Waals surface area contributed by atoms with Gasteiger partial charge in [0.2, 0.25) is 5.13 Å². The van der Waals surface area contributed by atoms with Gasteiger partial charge < -0.3 is 0 Å². The van der Waals surface area contributed by atoms with E-state index in [9.17, 15) is 4.79 Å². The Labute approximate surface area is 114 Å². The number of aromatic nitrogens is 1. The minimum atomic E-state index is -0.173. The molecule has 1 heterocycles. The van der Waals surface area contributed by atoms with Gasteiger partial charge in [-0.3, -0.25) is 15.6 Å². The second kappa shape index (κ2) is 6.36. The summed E-state index contributed by atoms with van der Waals surface area (Å²) in [6.07, 6.45) is 0. The van der Waals surface area contributed by atoms with E-state index in [4.69, 9.17) is 0 Å². The number of anilines is 1. The number of nitrogens with zero attached hydrogens (tertiary/aromatic N) is 1. The van der Waals surface area contributed by atoms with Gasteiger partial charge in [-0.05, 0) is 19.1 Å². The summed E-state index contributed by atoms with van der Waals surface area (Å²) in [5, 5.41) is 2.60. The van der Waals surface area contributed by atoms with Crippen molar-refractivity contribution in [1.82, 2.24) is 10.4 Å². The maximum Gasteiger partial charge on any atom is 0.269 e. The van der Waals surface area contributed by atoms with Gasteiger partial charge in [0.05, 0.1) is 5.69 Å². The highest BCUT2D eigenvalue weighted by Gasteiger charge is 2.04. The highest BCUT2D eigenvalue weighted by Crippen LogP contribution is 2.12. The van der Waals surface area contributed by atoms with Crippen LogP contribution in [0.2, 0.25) is 0 Å². The van der Waals surface area contributed by atoms with Crippen LogP contribution in [-0.4, -0.2) is 10.9 Å². The first-order valence-corrected chi connectivity index (χ1v) is 5.67. The lowest BCUT2D eigenvalue weighted by Crippen LogP contribution is -2.29. The number of carbonyl (C=O) groups is 1. The number of hydrogen-bond donors (Lipinski definition) is 2. The van der Waals surface area contributed by atoms with Crippen molar-refractivity contribution in [3.8, 4) is 0 Å². The summed E-state index contributed by atoms with van der Waals surface area (Å²) < 4.78 is 0. The molecule has 2 aromatic rings. The molecule has 0 bridgehead atoms. The van der Waals surface area contributed by atoms with Gasteiger partial charge in [-0.15, -0.1) is 28.3 Å². The Kier molecular flexibility index (Phi) is 5.11. The zero-order valence-corrected chi connectivity index (χ0v) is 11.7. The molecular weight excluding hydrogens is 302 g/mol. The first-order chi connectivity index (χ1) is 7.75. The van der Waals surface area contributed by atoms with Gasteiger partial charge in [-0.25, -0.2) is 4.98 Å². The predicted octanol–water partition coefficient (Wildman–Crippen LogP) is 2.79. The fourth-order valence-electron chi connectivity index (χ4n) is 1.18. The molecule has 0 saturated carbocycles. The van der Waals surface area contributed by atoms with E-state index >= 15 is 0 Å². The molecule has 0 radical (unpaired) electrons. The van der Waals surface area contributed by atoms with Gasteiger partial charge in [0.25, 0.3) is 5.91 Å². The largest absolute Gasteiger partial charge is 0.273 e. The third-order valence-corrected chi connectivity index (χ3v) is 2.81. The Morgan fingerprint density at radius 3 is 2.59 bits per heavy atom. The molecule has 0 aliphatic rings. The predicted molar refractivity (Wildman–Crippen MR) is 74.7 cm³/mol. The van der Waals surface area contributed by atoms with Gasteiger partial charge in [0, 0.05) is 10.9 Å². The fraction of sp³-hybridized carbons (Fsp3) is 0.0909. The number of rotatable bonds is 3. The highest BCUT2D eigenvalue weighted by molar-refractivity contribution is 8.93. The summed E-state index contributed by atoms with van der Waals surface area (Å²) in [4.78, 5) is 15.8. The Morgan fingerprint density at radius 2 is 2.00 bits per heavy atom. The number of hydrogen-bond acceptors (Lipinski definition) is 4. The average Bonchev–Trinajstić information content (AvgIpc) is 2.73. The van der Waals surface area contributed by atoms with E-state index in [1.54, 1.807) is 12.1 Å². The summed E-state index contributed by atoms with van der Waals surface area (Å²) in [6.45, 7) is 1.90. The lowest BCUT2D eigenvalue weighted by molar-refractivity contribution is 0.0962. The number of carbonyl (C=O) groups excluding carboxylic acids is 1. The zero-order valence-electron chi connectivity index (χ0n) is 9.14. The maximum absolute atomic E-state index is 11.6. The SMILES string of the molecule is Br.Cc1csc(NNC(=O)c2ccccc2)n1. The molecule has 0 aliphatic carbocycles. The van der Waals surface area contributed by atoms with Crippen LogP contribution in [0.15, 0.2) is 35.7 Å². The van der Waals surface area contributed by atoms with Crippen LogP contribution in [-0.2, 0) is 0 Å². The van der Waals surface area contributed by atoms with Gasteiger partial charge in [-0.1, -0.05) is 18.2 Å². The van der Waals surface area contributed by atoms with Crippen molar-refractivity contribution < 1.29 is 4.79 Å². The third-order valence-electron chi connectivity index (χ3n) is 1.94. The first kappa shape index (κ1) is 13.7. The Hall–Kier alpha value is -1.40. The number of aryl methyl sites for hydroxylation is 1. The van der Waals surface area contributed by atoms with Crippen molar-refractivity contribution in [2.24, 2.45) is 0 Å². The summed E-state index contributed by atoms with van der Waals surface area (Å²) in [7, 11) is 0. The molecule has 1 aromatic carbocycles. The van der Waals surface area contributed by atoms with Crippen LogP contribution in [0.1, 0.15) is 16.1 Å². The summed E-state index contributed by atoms with van der Waals surface area (Å²) in [5.41, 5.74) is 6.91. The number of benzene rings is 1. The van der Waals surface area contributed by atoms with E-state index in [1.807, 2.05) is 30.5 Å². The molecule has 0 unspecified atom stereocenters. The van der Waals surface area contributed by atoms with E-state index < -0.39 is 0 Å². The van der Waals surface area contributed by atoms with Crippen LogP contribution in [0, 0.1) is 6.92 Å². The molecule has 0 fully saturated rings. The zero-order chi connectivity index (χ0) is 11.4. The molecule has 17 heavy (non-hydrogen) atoms. The number of halogens is 1. The van der Waals surface area contributed by atoms with Crippen LogP contribution >= 0.6 is 28.3 Å². The molecule has 0 spiro atoms. The molecule has 0 aliphatic heterocycles. The molecule has 1 amide bonds. The second-order valence-corrected chi connectivity index (χ2v) is 4.10. The Balaban J connectivity index is 0.00000144. The lowest BCUT2D eigenvalue weighted by atomic mass is 10.2. The van der Waals surface area contributed by atoms with Crippen molar-refractivity contribution in [3.05, 3.63) is 47.0 Å². The van der Waals surface area contributed by atoms with Crippen LogP contribution in [0.5, 0.6) is 0 Å². The van der Waals surface area contributed by atoms with Crippen LogP contribution in [0.3, 0.4) is 0 Å². The lowest BCUT2D eigenvalue weighted by Gasteiger charge is -2.04. The highest BCUT2D eigenvalue weighted by atomic mass is 79.9. The average molecular weight is 314 g/mol. The Morgan fingerprint density at radius 1 is 1.29 bits per heavy atom. The fourth-order valence-corrected chi connectivity index (χ4v) is 1.82. The van der Waals surface area contributed by atoms with E-state index in [2.05, 4.69) is 15.8 Å². The minimum absolute atomic E-state index is 0. The number of amides is 1. The van der Waals surface area contributed by atoms with E-state index in [0.29, 0.717) is 10.7 Å². The number of nitrogens with one attached hydrogen (secondary N) is 2. The summed E-state index contributed by atoms with van der Waals surface area (Å²) in [5.74, 6) is -0.173. The van der Waals surface area contributed by atoms with Gasteiger partial charge in [0.1, 0.15) is 0 Å². The number of hydrazine groups is 1. The van der Waals surface area contributed by atoms with E-state index in [0.717, 1.165) is 5.69 Å². The third kappa shape index (κ3) is 3.83. The van der Waals surface area contributed by atoms with Crippen molar-refractivity contribution in [2.75, 3.05) is 5.43 Å². The van der Waals surface area contributed by atoms with E-state index in [1.165, 1.54) is 11.3 Å². The molecule has 2 rings (SSSR count). The number of thiazole rings is 1. The molecular formula is C11H12BrN3OS. The molecule has 4 nitrogen and oxygen atoms in total. The molecule has 0 saturated heterocycles. The molecule has 1 aromatic heterocycles. The minimum Gasteiger partial charge on any atom is -0.273 e. The normalized spacial score (nSPS) is 9.24. The second-order valence-electron chi connectivity index (χ2n) is 3.24. The Bertz CT molecular complexity index is 486.